The van der Waals surface area contributed by atoms with Crippen LogP contribution >= 0.6 is 0 Å². The second kappa shape index (κ2) is 9.70. The monoisotopic (exact) mass is 427 g/mol. The summed E-state index contributed by atoms with van der Waals surface area (Å²) in [5.41, 5.74) is 2.66. The molecule has 1 unspecified atom stereocenters. The second-order valence-electron chi connectivity index (χ2n) is 7.21. The molecular formula is C25H21N3O4. The average Bonchev–Trinajstić information content (AvgIpc) is 2.83. The van der Waals surface area contributed by atoms with Gasteiger partial charge in [-0.1, -0.05) is 42.5 Å². The normalized spacial score (nSPS) is 11.6. The second-order valence-corrected chi connectivity index (χ2v) is 7.21. The summed E-state index contributed by atoms with van der Waals surface area (Å²) in [6.07, 6.45) is 1.62. The summed E-state index contributed by atoms with van der Waals surface area (Å²) in [5.74, 6) is -0.995. The minimum atomic E-state index is -1.11. The van der Waals surface area contributed by atoms with E-state index in [1.807, 2.05) is 36.4 Å². The zero-order chi connectivity index (χ0) is 22.3. The fraction of sp³-hybridized carbons (Fsp3) is 0.120. The number of nitrogens with zero attached hydrogens (tertiary/aromatic N) is 2. The van der Waals surface area contributed by atoms with Crippen molar-refractivity contribution in [3.05, 3.63) is 102 Å². The van der Waals surface area contributed by atoms with E-state index in [1.165, 1.54) is 12.3 Å². The Morgan fingerprint density at radius 1 is 0.938 bits per heavy atom. The maximum absolute atomic E-state index is 12.2. The van der Waals surface area contributed by atoms with E-state index in [0.717, 1.165) is 22.2 Å². The molecule has 2 N–H and O–H groups in total. The van der Waals surface area contributed by atoms with Gasteiger partial charge in [-0.15, -0.1) is 0 Å². The Hall–Kier alpha value is -4.26. The highest BCUT2D eigenvalue weighted by Gasteiger charge is 2.21. The number of carbonyl (C=O) groups is 2. The van der Waals surface area contributed by atoms with Gasteiger partial charge in [-0.25, -0.2) is 9.78 Å². The van der Waals surface area contributed by atoms with Crippen LogP contribution in [0.5, 0.6) is 5.75 Å². The van der Waals surface area contributed by atoms with E-state index in [9.17, 15) is 14.7 Å². The number of para-hydroxylation sites is 1. The van der Waals surface area contributed by atoms with Crippen LogP contribution in [0.3, 0.4) is 0 Å². The van der Waals surface area contributed by atoms with Crippen molar-refractivity contribution in [2.45, 2.75) is 19.1 Å². The van der Waals surface area contributed by atoms with Gasteiger partial charge in [-0.2, -0.15) is 0 Å². The molecule has 0 aliphatic carbocycles. The Labute approximate surface area is 184 Å². The number of aliphatic carboxylic acids is 1. The fourth-order valence-electron chi connectivity index (χ4n) is 3.23. The number of carbonyl (C=O) groups excluding carboxylic acids is 1. The van der Waals surface area contributed by atoms with Gasteiger partial charge in [0.05, 0.1) is 11.2 Å². The van der Waals surface area contributed by atoms with E-state index in [1.54, 1.807) is 36.4 Å². The maximum Gasteiger partial charge on any atom is 0.326 e. The minimum Gasteiger partial charge on any atom is -0.487 e. The molecule has 0 aliphatic rings. The zero-order valence-corrected chi connectivity index (χ0v) is 17.1. The quantitative estimate of drug-likeness (QED) is 0.445. The molecule has 0 spiro atoms. The zero-order valence-electron chi connectivity index (χ0n) is 17.1. The van der Waals surface area contributed by atoms with Gasteiger partial charge in [0.1, 0.15) is 24.1 Å². The lowest BCUT2D eigenvalue weighted by Crippen LogP contribution is -2.42. The van der Waals surface area contributed by atoms with Crippen LogP contribution < -0.4 is 10.1 Å². The maximum atomic E-state index is 12.2. The third-order valence-electron chi connectivity index (χ3n) is 4.91. The number of carboxylic acids is 1. The molecule has 2 heterocycles. The summed E-state index contributed by atoms with van der Waals surface area (Å²) >= 11 is 0. The van der Waals surface area contributed by atoms with Crippen molar-refractivity contribution < 1.29 is 19.4 Å². The van der Waals surface area contributed by atoms with Crippen molar-refractivity contribution in [2.24, 2.45) is 0 Å². The first-order chi connectivity index (χ1) is 15.6. The molecule has 1 atom stereocenters. The van der Waals surface area contributed by atoms with Crippen molar-refractivity contribution in [1.29, 1.82) is 0 Å². The van der Waals surface area contributed by atoms with Crippen LogP contribution in [0, 0.1) is 0 Å². The Kier molecular flexibility index (Phi) is 6.36. The van der Waals surface area contributed by atoms with Crippen molar-refractivity contribution in [3.63, 3.8) is 0 Å². The van der Waals surface area contributed by atoms with Crippen molar-refractivity contribution in [3.8, 4) is 5.75 Å². The first kappa shape index (κ1) is 21.0. The predicted octanol–water partition coefficient (Wildman–Crippen LogP) is 3.63. The van der Waals surface area contributed by atoms with Crippen LogP contribution in [0.1, 0.15) is 21.7 Å². The largest absolute Gasteiger partial charge is 0.487 e. The van der Waals surface area contributed by atoms with Gasteiger partial charge in [-0.05, 0) is 42.0 Å². The van der Waals surface area contributed by atoms with E-state index < -0.39 is 17.9 Å². The molecule has 160 valence electrons. The predicted molar refractivity (Wildman–Crippen MR) is 119 cm³/mol. The molecular weight excluding hydrogens is 406 g/mol. The number of aromatic nitrogens is 2. The standard InChI is InChI=1S/C25H21N3O4/c29-24(22-7-3-4-14-26-22)28-23(25(30)31)15-17-8-12-20(13-9-17)32-16-19-11-10-18-5-1-2-6-21(18)27-19/h1-14,23H,15-16H2,(H,28,29)(H,30,31). The smallest absolute Gasteiger partial charge is 0.326 e. The number of nitrogens with one attached hydrogen (secondary N) is 1. The highest BCUT2D eigenvalue weighted by atomic mass is 16.5. The van der Waals surface area contributed by atoms with Crippen LogP contribution in [0.25, 0.3) is 10.9 Å². The van der Waals surface area contributed by atoms with Crippen LogP contribution in [-0.2, 0) is 17.8 Å². The third-order valence-corrected chi connectivity index (χ3v) is 4.91. The van der Waals surface area contributed by atoms with E-state index in [0.29, 0.717) is 12.4 Å². The molecule has 0 aliphatic heterocycles. The molecule has 32 heavy (non-hydrogen) atoms. The van der Waals surface area contributed by atoms with Crippen LogP contribution in [0.2, 0.25) is 0 Å². The van der Waals surface area contributed by atoms with Gasteiger partial charge in [0.25, 0.3) is 5.91 Å². The summed E-state index contributed by atoms with van der Waals surface area (Å²) in [7, 11) is 0. The van der Waals surface area contributed by atoms with Gasteiger partial charge in [-0.3, -0.25) is 9.78 Å². The Bertz CT molecular complexity index is 1230. The molecule has 4 aromatic rings. The lowest BCUT2D eigenvalue weighted by Gasteiger charge is -2.15. The minimum absolute atomic E-state index is 0.139. The number of fused-ring (bicyclic) bond motifs is 1. The third kappa shape index (κ3) is 5.26. The molecule has 7 nitrogen and oxygen atoms in total. The molecule has 0 bridgehead atoms. The Morgan fingerprint density at radius 3 is 2.47 bits per heavy atom. The number of ether oxygens (including phenoxy) is 1. The van der Waals surface area contributed by atoms with Gasteiger partial charge in [0.15, 0.2) is 0 Å². The molecule has 2 aromatic heterocycles. The molecule has 0 radical (unpaired) electrons. The molecule has 7 heteroatoms. The van der Waals surface area contributed by atoms with Crippen molar-refractivity contribution >= 4 is 22.8 Å². The summed E-state index contributed by atoms with van der Waals surface area (Å²) in [6.45, 7) is 0.321. The average molecular weight is 427 g/mol. The number of hydrogen-bond acceptors (Lipinski definition) is 5. The summed E-state index contributed by atoms with van der Waals surface area (Å²) in [6, 6.07) is 22.8. The van der Waals surface area contributed by atoms with Crippen molar-refractivity contribution in [2.75, 3.05) is 0 Å². The van der Waals surface area contributed by atoms with E-state index >= 15 is 0 Å². The van der Waals surface area contributed by atoms with E-state index in [2.05, 4.69) is 15.3 Å². The number of carboxylic acid groups (broad SMARTS) is 1. The van der Waals surface area contributed by atoms with E-state index in [-0.39, 0.29) is 12.1 Å². The number of rotatable bonds is 8. The highest BCUT2D eigenvalue weighted by molar-refractivity contribution is 5.94. The van der Waals surface area contributed by atoms with Crippen LogP contribution in [-0.4, -0.2) is 33.0 Å². The first-order valence-corrected chi connectivity index (χ1v) is 10.1. The number of hydrogen-bond donors (Lipinski definition) is 2. The number of amides is 1. The van der Waals surface area contributed by atoms with Crippen LogP contribution in [0.4, 0.5) is 0 Å². The molecule has 0 fully saturated rings. The van der Waals surface area contributed by atoms with E-state index in [4.69, 9.17) is 4.74 Å². The van der Waals surface area contributed by atoms with Gasteiger partial charge in [0.2, 0.25) is 0 Å². The lowest BCUT2D eigenvalue weighted by atomic mass is 10.1. The van der Waals surface area contributed by atoms with Crippen molar-refractivity contribution in [1.82, 2.24) is 15.3 Å². The SMILES string of the molecule is O=C(NC(Cc1ccc(OCc2ccc3ccccc3n2)cc1)C(=O)O)c1ccccn1. The molecule has 2 aromatic carbocycles. The molecule has 0 saturated carbocycles. The summed E-state index contributed by atoms with van der Waals surface area (Å²) in [5, 5.41) is 13.1. The molecule has 4 rings (SSSR count). The van der Waals surface area contributed by atoms with Gasteiger partial charge in [0, 0.05) is 18.0 Å². The van der Waals surface area contributed by atoms with Gasteiger partial charge >= 0.3 is 5.97 Å². The Balaban J connectivity index is 1.36. The summed E-state index contributed by atoms with van der Waals surface area (Å²) in [4.78, 5) is 32.4. The summed E-state index contributed by atoms with van der Waals surface area (Å²) < 4.78 is 5.81. The topological polar surface area (TPSA) is 101 Å². The van der Waals surface area contributed by atoms with Gasteiger partial charge < -0.3 is 15.2 Å². The van der Waals surface area contributed by atoms with Crippen LogP contribution in [0.15, 0.2) is 85.1 Å². The molecule has 0 saturated heterocycles. The lowest BCUT2D eigenvalue weighted by molar-refractivity contribution is -0.139. The fourth-order valence-corrected chi connectivity index (χ4v) is 3.23. The Morgan fingerprint density at radius 2 is 1.72 bits per heavy atom. The highest BCUT2D eigenvalue weighted by Crippen LogP contribution is 2.17. The number of benzene rings is 2. The number of pyridine rings is 2. The first-order valence-electron chi connectivity index (χ1n) is 10.1. The molecule has 1 amide bonds.